The molecule has 1 N–H and O–H groups in total. The fraction of sp³-hybridized carbons (Fsp3) is 0.250. The zero-order valence-corrected chi connectivity index (χ0v) is 9.50. The van der Waals surface area contributed by atoms with E-state index in [9.17, 15) is 4.79 Å². The van der Waals surface area contributed by atoms with E-state index in [-0.39, 0.29) is 5.69 Å². The first kappa shape index (κ1) is 11.3. The van der Waals surface area contributed by atoms with Crippen LogP contribution in [-0.4, -0.2) is 26.1 Å². The van der Waals surface area contributed by atoms with Crippen molar-refractivity contribution in [3.8, 4) is 5.69 Å². The molecule has 1 aromatic heterocycles. The first-order chi connectivity index (χ1) is 8.22. The largest absolute Gasteiger partial charge is 0.476 e. The van der Waals surface area contributed by atoms with Gasteiger partial charge >= 0.3 is 5.97 Å². The summed E-state index contributed by atoms with van der Waals surface area (Å²) in [5, 5.41) is 17.3. The molecule has 2 aromatic rings. The van der Waals surface area contributed by atoms with Crippen molar-refractivity contribution in [2.24, 2.45) is 0 Å². The number of aromatic nitrogens is 3. The van der Waals surface area contributed by atoms with E-state index in [0.29, 0.717) is 12.1 Å². The molecule has 0 saturated heterocycles. The van der Waals surface area contributed by atoms with E-state index in [0.717, 1.165) is 12.1 Å². The van der Waals surface area contributed by atoms with Gasteiger partial charge in [-0.15, -0.1) is 5.10 Å². The summed E-state index contributed by atoms with van der Waals surface area (Å²) in [5.41, 5.74) is 1.33. The van der Waals surface area contributed by atoms with Gasteiger partial charge in [0.25, 0.3) is 0 Å². The van der Waals surface area contributed by atoms with Crippen LogP contribution in [0.15, 0.2) is 30.3 Å². The number of hydrogen-bond donors (Lipinski definition) is 1. The first-order valence-electron chi connectivity index (χ1n) is 5.47. The maximum atomic E-state index is 11.0. The zero-order chi connectivity index (χ0) is 12.3. The van der Waals surface area contributed by atoms with Crippen molar-refractivity contribution >= 4 is 5.97 Å². The van der Waals surface area contributed by atoms with E-state index in [1.807, 2.05) is 37.3 Å². The highest BCUT2D eigenvalue weighted by molar-refractivity contribution is 5.86. The van der Waals surface area contributed by atoms with E-state index in [1.165, 1.54) is 4.80 Å². The van der Waals surface area contributed by atoms with Crippen molar-refractivity contribution in [3.63, 3.8) is 0 Å². The summed E-state index contributed by atoms with van der Waals surface area (Å²) in [5.74, 6) is -1.03. The second-order valence-corrected chi connectivity index (χ2v) is 3.68. The van der Waals surface area contributed by atoms with Crippen molar-refractivity contribution in [1.29, 1.82) is 0 Å². The van der Waals surface area contributed by atoms with Crippen LogP contribution >= 0.6 is 0 Å². The number of aromatic carboxylic acids is 1. The second kappa shape index (κ2) is 4.78. The molecule has 0 bridgehead atoms. The van der Waals surface area contributed by atoms with E-state index >= 15 is 0 Å². The number of rotatable bonds is 4. The molecule has 5 nitrogen and oxygen atoms in total. The summed E-state index contributed by atoms with van der Waals surface area (Å²) in [6, 6.07) is 9.28. The lowest BCUT2D eigenvalue weighted by atomic mass is 10.2. The lowest BCUT2D eigenvalue weighted by molar-refractivity contribution is 0.0688. The Morgan fingerprint density at radius 3 is 2.59 bits per heavy atom. The van der Waals surface area contributed by atoms with Gasteiger partial charge in [-0.2, -0.15) is 9.90 Å². The minimum Gasteiger partial charge on any atom is -0.476 e. The molecule has 0 fully saturated rings. The Labute approximate surface area is 98.7 Å². The van der Waals surface area contributed by atoms with Gasteiger partial charge in [-0.1, -0.05) is 31.5 Å². The predicted molar refractivity (Wildman–Crippen MR) is 62.3 cm³/mol. The summed E-state index contributed by atoms with van der Waals surface area (Å²) in [6.45, 7) is 1.98. The molecule has 0 spiro atoms. The molecule has 88 valence electrons. The van der Waals surface area contributed by atoms with Gasteiger partial charge in [0.2, 0.25) is 0 Å². The first-order valence-corrected chi connectivity index (χ1v) is 5.47. The standard InChI is InChI=1S/C12H13N3O2/c1-2-6-10-11(12(16)17)14-15(13-10)9-7-4-3-5-8-9/h3-5,7-8H,2,6H2,1H3,(H,16,17). The third-order valence-electron chi connectivity index (χ3n) is 2.36. The minimum absolute atomic E-state index is 0.0377. The summed E-state index contributed by atoms with van der Waals surface area (Å²) in [6.07, 6.45) is 1.46. The van der Waals surface area contributed by atoms with Crippen LogP contribution in [0.3, 0.4) is 0 Å². The van der Waals surface area contributed by atoms with Gasteiger partial charge in [-0.05, 0) is 18.6 Å². The number of carboxylic acids is 1. The van der Waals surface area contributed by atoms with Crippen LogP contribution in [0.4, 0.5) is 0 Å². The fourth-order valence-corrected chi connectivity index (χ4v) is 1.58. The van der Waals surface area contributed by atoms with E-state index in [4.69, 9.17) is 5.11 Å². The molecule has 2 rings (SSSR count). The zero-order valence-electron chi connectivity index (χ0n) is 9.50. The monoisotopic (exact) mass is 231 g/mol. The Balaban J connectivity index is 2.44. The predicted octanol–water partition coefficient (Wildman–Crippen LogP) is 1.92. The Kier molecular flexibility index (Phi) is 3.18. The number of para-hydroxylation sites is 1. The van der Waals surface area contributed by atoms with Gasteiger partial charge < -0.3 is 5.11 Å². The van der Waals surface area contributed by atoms with Crippen molar-refractivity contribution in [1.82, 2.24) is 15.0 Å². The molecular weight excluding hydrogens is 218 g/mol. The molecule has 0 atom stereocenters. The van der Waals surface area contributed by atoms with Crippen LogP contribution < -0.4 is 0 Å². The van der Waals surface area contributed by atoms with Crippen molar-refractivity contribution < 1.29 is 9.90 Å². The molecule has 1 aromatic carbocycles. The Morgan fingerprint density at radius 1 is 1.29 bits per heavy atom. The van der Waals surface area contributed by atoms with Crippen molar-refractivity contribution in [3.05, 3.63) is 41.7 Å². The molecule has 0 aliphatic heterocycles. The maximum absolute atomic E-state index is 11.0. The van der Waals surface area contributed by atoms with E-state index in [1.54, 1.807) is 0 Å². The number of benzene rings is 1. The summed E-state index contributed by atoms with van der Waals surface area (Å²) in [4.78, 5) is 12.4. The topological polar surface area (TPSA) is 68.0 Å². The molecule has 17 heavy (non-hydrogen) atoms. The molecule has 0 aliphatic rings. The molecule has 0 unspecified atom stereocenters. The number of carbonyl (C=O) groups is 1. The van der Waals surface area contributed by atoms with Crippen molar-refractivity contribution in [2.45, 2.75) is 19.8 Å². The van der Waals surface area contributed by atoms with Gasteiger partial charge in [0.15, 0.2) is 5.69 Å². The molecule has 0 saturated carbocycles. The third kappa shape index (κ3) is 2.33. The number of nitrogens with zero attached hydrogens (tertiary/aromatic N) is 3. The highest BCUT2D eigenvalue weighted by atomic mass is 16.4. The quantitative estimate of drug-likeness (QED) is 0.872. The van der Waals surface area contributed by atoms with E-state index in [2.05, 4.69) is 10.2 Å². The number of carboxylic acid groups (broad SMARTS) is 1. The smallest absolute Gasteiger partial charge is 0.358 e. The van der Waals surface area contributed by atoms with Crippen LogP contribution in [0.5, 0.6) is 0 Å². The van der Waals surface area contributed by atoms with E-state index < -0.39 is 5.97 Å². The lowest BCUT2D eigenvalue weighted by Crippen LogP contribution is -2.02. The molecule has 0 radical (unpaired) electrons. The summed E-state index contributed by atoms with van der Waals surface area (Å²) < 4.78 is 0. The van der Waals surface area contributed by atoms with Crippen LogP contribution in [0, 0.1) is 0 Å². The maximum Gasteiger partial charge on any atom is 0.358 e. The molecule has 5 heteroatoms. The fourth-order valence-electron chi connectivity index (χ4n) is 1.58. The molecule has 0 amide bonds. The minimum atomic E-state index is -1.03. The normalized spacial score (nSPS) is 10.4. The van der Waals surface area contributed by atoms with Gasteiger partial charge in [0.05, 0.1) is 11.4 Å². The second-order valence-electron chi connectivity index (χ2n) is 3.68. The van der Waals surface area contributed by atoms with Crippen LogP contribution in [0.25, 0.3) is 5.69 Å². The van der Waals surface area contributed by atoms with Gasteiger partial charge in [-0.25, -0.2) is 4.79 Å². The highest BCUT2D eigenvalue weighted by Crippen LogP contribution is 2.10. The molecular formula is C12H13N3O2. The molecule has 1 heterocycles. The summed E-state index contributed by atoms with van der Waals surface area (Å²) in [7, 11) is 0. The van der Waals surface area contributed by atoms with Crippen LogP contribution in [-0.2, 0) is 6.42 Å². The third-order valence-corrected chi connectivity index (χ3v) is 2.36. The Morgan fingerprint density at radius 2 is 2.00 bits per heavy atom. The Hall–Kier alpha value is -2.17. The number of aryl methyl sites for hydroxylation is 1. The summed E-state index contributed by atoms with van der Waals surface area (Å²) >= 11 is 0. The molecule has 0 aliphatic carbocycles. The van der Waals surface area contributed by atoms with Crippen LogP contribution in [0.2, 0.25) is 0 Å². The van der Waals surface area contributed by atoms with Gasteiger partial charge in [-0.3, -0.25) is 0 Å². The SMILES string of the molecule is CCCc1nn(-c2ccccc2)nc1C(=O)O. The van der Waals surface area contributed by atoms with Gasteiger partial charge in [0.1, 0.15) is 0 Å². The number of hydrogen-bond acceptors (Lipinski definition) is 3. The average Bonchev–Trinajstić information content (AvgIpc) is 2.75. The van der Waals surface area contributed by atoms with Crippen LogP contribution in [0.1, 0.15) is 29.5 Å². The lowest BCUT2D eigenvalue weighted by Gasteiger charge is -1.96. The average molecular weight is 231 g/mol. The van der Waals surface area contributed by atoms with Crippen molar-refractivity contribution in [2.75, 3.05) is 0 Å². The van der Waals surface area contributed by atoms with Gasteiger partial charge in [0, 0.05) is 0 Å². The highest BCUT2D eigenvalue weighted by Gasteiger charge is 2.17. The Bertz CT molecular complexity index is 520.